The molecule has 3 nitrogen and oxygen atoms in total. The van der Waals surface area contributed by atoms with E-state index in [9.17, 15) is 4.79 Å². The van der Waals surface area contributed by atoms with Crippen molar-refractivity contribution in [3.63, 3.8) is 0 Å². The highest BCUT2D eigenvalue weighted by molar-refractivity contribution is 6.42. The SMILES string of the molecule is O=C1/C(=C/c2ccc(-c3ccc(Cl)c(Cl)c3)o2)C=C(c2ccccc2)N1c1ccc(-c2ccccc2)cc1. The zero-order valence-electron chi connectivity index (χ0n) is 20.1. The number of anilines is 1. The molecule has 0 radical (unpaired) electrons. The maximum absolute atomic E-state index is 13.7. The standard InChI is InChI=1S/C33H21Cl2NO2/c34-29-17-13-25(20-30(29)35)32-18-16-28(38-32)19-26-21-31(24-9-5-2-6-10-24)36(33(26)37)27-14-11-23(12-15-27)22-7-3-1-4-8-22/h1-21H/b26-19+. The number of carbonyl (C=O) groups is 1. The predicted octanol–water partition coefficient (Wildman–Crippen LogP) is 9.39. The minimum Gasteiger partial charge on any atom is -0.457 e. The number of halogens is 2. The van der Waals surface area contributed by atoms with Crippen LogP contribution < -0.4 is 4.90 Å². The lowest BCUT2D eigenvalue weighted by Crippen LogP contribution is -2.24. The van der Waals surface area contributed by atoms with E-state index in [4.69, 9.17) is 27.6 Å². The number of amides is 1. The molecule has 0 bridgehead atoms. The molecule has 6 rings (SSSR count). The number of hydrogen-bond acceptors (Lipinski definition) is 2. The summed E-state index contributed by atoms with van der Waals surface area (Å²) in [6.45, 7) is 0. The molecular weight excluding hydrogens is 513 g/mol. The van der Waals surface area contributed by atoms with Crippen LogP contribution in [0, 0.1) is 0 Å². The molecule has 0 N–H and O–H groups in total. The van der Waals surface area contributed by atoms with Gasteiger partial charge in [0.15, 0.2) is 0 Å². The van der Waals surface area contributed by atoms with Crippen LogP contribution in [-0.4, -0.2) is 5.91 Å². The minimum atomic E-state index is -0.121. The van der Waals surface area contributed by atoms with Crippen molar-refractivity contribution in [2.75, 3.05) is 4.90 Å². The highest BCUT2D eigenvalue weighted by atomic mass is 35.5. The molecule has 5 heteroatoms. The second kappa shape index (κ2) is 10.2. The van der Waals surface area contributed by atoms with E-state index in [0.29, 0.717) is 27.1 Å². The number of nitrogens with zero attached hydrogens (tertiary/aromatic N) is 1. The van der Waals surface area contributed by atoms with Crippen molar-refractivity contribution >= 4 is 46.6 Å². The quantitative estimate of drug-likeness (QED) is 0.211. The Morgan fingerprint density at radius 3 is 1.95 bits per heavy atom. The molecule has 5 aromatic rings. The Balaban J connectivity index is 1.35. The first kappa shape index (κ1) is 24.1. The van der Waals surface area contributed by atoms with Crippen LogP contribution in [0.3, 0.4) is 0 Å². The van der Waals surface area contributed by atoms with E-state index in [1.807, 2.05) is 97.1 Å². The molecule has 1 aliphatic rings. The summed E-state index contributed by atoms with van der Waals surface area (Å²) in [6, 6.07) is 37.1. The highest BCUT2D eigenvalue weighted by Crippen LogP contribution is 2.37. The second-order valence-corrected chi connectivity index (χ2v) is 9.69. The molecule has 0 saturated carbocycles. The number of carbonyl (C=O) groups excluding carboxylic acids is 1. The Bertz CT molecular complexity index is 1680. The van der Waals surface area contributed by atoms with Crippen LogP contribution in [-0.2, 0) is 4.79 Å². The average Bonchev–Trinajstić information content (AvgIpc) is 3.56. The first-order valence-electron chi connectivity index (χ1n) is 12.1. The van der Waals surface area contributed by atoms with Crippen molar-refractivity contribution in [3.8, 4) is 22.5 Å². The van der Waals surface area contributed by atoms with Gasteiger partial charge in [-0.25, -0.2) is 0 Å². The summed E-state index contributed by atoms with van der Waals surface area (Å²) in [5.74, 6) is 1.09. The lowest BCUT2D eigenvalue weighted by Gasteiger charge is -2.21. The smallest absolute Gasteiger partial charge is 0.263 e. The van der Waals surface area contributed by atoms with Gasteiger partial charge < -0.3 is 4.42 Å². The van der Waals surface area contributed by atoms with E-state index in [1.54, 1.807) is 23.1 Å². The van der Waals surface area contributed by atoms with Gasteiger partial charge in [-0.3, -0.25) is 9.69 Å². The zero-order valence-corrected chi connectivity index (χ0v) is 21.7. The van der Waals surface area contributed by atoms with E-state index in [-0.39, 0.29) is 5.91 Å². The van der Waals surface area contributed by atoms with Gasteiger partial charge in [0.05, 0.1) is 15.7 Å². The Morgan fingerprint density at radius 2 is 1.26 bits per heavy atom. The molecule has 1 aliphatic heterocycles. The molecule has 0 fully saturated rings. The minimum absolute atomic E-state index is 0.121. The fourth-order valence-electron chi connectivity index (χ4n) is 4.51. The van der Waals surface area contributed by atoms with Gasteiger partial charge >= 0.3 is 0 Å². The van der Waals surface area contributed by atoms with Gasteiger partial charge in [0.1, 0.15) is 11.5 Å². The van der Waals surface area contributed by atoms with Gasteiger partial charge in [-0.1, -0.05) is 96.0 Å². The molecule has 1 amide bonds. The summed E-state index contributed by atoms with van der Waals surface area (Å²) < 4.78 is 6.04. The summed E-state index contributed by atoms with van der Waals surface area (Å²) >= 11 is 12.2. The molecule has 0 unspecified atom stereocenters. The number of rotatable bonds is 5. The molecule has 0 atom stereocenters. The fraction of sp³-hybridized carbons (Fsp3) is 0. The fourth-order valence-corrected chi connectivity index (χ4v) is 4.81. The van der Waals surface area contributed by atoms with E-state index in [1.165, 1.54) is 0 Å². The molecule has 184 valence electrons. The number of hydrogen-bond donors (Lipinski definition) is 0. The Hall–Kier alpha value is -4.31. The van der Waals surface area contributed by atoms with Crippen LogP contribution in [0.15, 0.2) is 131 Å². The second-order valence-electron chi connectivity index (χ2n) is 8.88. The molecule has 0 spiro atoms. The van der Waals surface area contributed by atoms with Crippen molar-refractivity contribution < 1.29 is 9.21 Å². The normalized spacial score (nSPS) is 14.3. The van der Waals surface area contributed by atoms with Crippen LogP contribution >= 0.6 is 23.2 Å². The first-order chi connectivity index (χ1) is 18.6. The first-order valence-corrected chi connectivity index (χ1v) is 12.9. The Morgan fingerprint density at radius 1 is 0.632 bits per heavy atom. The molecular formula is C33H21Cl2NO2. The lowest BCUT2D eigenvalue weighted by atomic mass is 10.0. The number of furan rings is 1. The largest absolute Gasteiger partial charge is 0.457 e. The summed E-state index contributed by atoms with van der Waals surface area (Å²) in [5.41, 5.74) is 6.12. The van der Waals surface area contributed by atoms with Gasteiger partial charge in [0.25, 0.3) is 5.91 Å². The van der Waals surface area contributed by atoms with Gasteiger partial charge in [0, 0.05) is 16.8 Å². The Labute approximate surface area is 230 Å². The summed E-state index contributed by atoms with van der Waals surface area (Å²) in [6.07, 6.45) is 3.68. The third-order valence-electron chi connectivity index (χ3n) is 6.41. The van der Waals surface area contributed by atoms with Crippen LogP contribution in [0.2, 0.25) is 10.0 Å². The van der Waals surface area contributed by atoms with Crippen LogP contribution in [0.25, 0.3) is 34.2 Å². The van der Waals surface area contributed by atoms with E-state index >= 15 is 0 Å². The number of benzene rings is 4. The van der Waals surface area contributed by atoms with Crippen molar-refractivity contribution in [1.29, 1.82) is 0 Å². The molecule has 0 saturated heterocycles. The van der Waals surface area contributed by atoms with Gasteiger partial charge in [0.2, 0.25) is 0 Å². The van der Waals surface area contributed by atoms with Crippen molar-refractivity contribution in [2.24, 2.45) is 0 Å². The third kappa shape index (κ3) is 4.70. The van der Waals surface area contributed by atoms with Crippen molar-refractivity contribution in [3.05, 3.63) is 148 Å². The van der Waals surface area contributed by atoms with Crippen LogP contribution in [0.1, 0.15) is 11.3 Å². The highest BCUT2D eigenvalue weighted by Gasteiger charge is 2.30. The van der Waals surface area contributed by atoms with E-state index in [2.05, 4.69) is 12.1 Å². The molecule has 2 heterocycles. The lowest BCUT2D eigenvalue weighted by molar-refractivity contribution is -0.113. The average molecular weight is 534 g/mol. The topological polar surface area (TPSA) is 33.5 Å². The molecule has 0 aliphatic carbocycles. The molecule has 1 aromatic heterocycles. The predicted molar refractivity (Wildman–Crippen MR) is 156 cm³/mol. The Kier molecular flexibility index (Phi) is 6.47. The summed E-state index contributed by atoms with van der Waals surface area (Å²) in [7, 11) is 0. The van der Waals surface area contributed by atoms with Gasteiger partial charge in [-0.15, -0.1) is 0 Å². The summed E-state index contributed by atoms with van der Waals surface area (Å²) in [4.78, 5) is 15.5. The zero-order chi connectivity index (χ0) is 26.1. The maximum atomic E-state index is 13.7. The van der Waals surface area contributed by atoms with Crippen molar-refractivity contribution in [2.45, 2.75) is 0 Å². The maximum Gasteiger partial charge on any atom is 0.263 e. The van der Waals surface area contributed by atoms with E-state index < -0.39 is 0 Å². The van der Waals surface area contributed by atoms with Crippen LogP contribution in [0.5, 0.6) is 0 Å². The monoisotopic (exact) mass is 533 g/mol. The van der Waals surface area contributed by atoms with Gasteiger partial charge in [-0.2, -0.15) is 0 Å². The van der Waals surface area contributed by atoms with E-state index in [0.717, 1.165) is 33.6 Å². The van der Waals surface area contributed by atoms with Crippen molar-refractivity contribution in [1.82, 2.24) is 0 Å². The summed E-state index contributed by atoms with van der Waals surface area (Å²) in [5, 5.41) is 0.937. The molecule has 4 aromatic carbocycles. The third-order valence-corrected chi connectivity index (χ3v) is 7.15. The van der Waals surface area contributed by atoms with Gasteiger partial charge in [-0.05, 0) is 71.3 Å². The molecule has 38 heavy (non-hydrogen) atoms. The van der Waals surface area contributed by atoms with Crippen LogP contribution in [0.4, 0.5) is 5.69 Å².